The molecule has 1 aliphatic heterocycles. The van der Waals surface area contributed by atoms with E-state index < -0.39 is 0 Å². The maximum atomic E-state index is 11.4. The van der Waals surface area contributed by atoms with Crippen LogP contribution in [-0.4, -0.2) is 30.3 Å². The first-order valence-corrected chi connectivity index (χ1v) is 7.61. The molecule has 0 radical (unpaired) electrons. The van der Waals surface area contributed by atoms with Crippen molar-refractivity contribution in [2.75, 3.05) is 18.5 Å². The average Bonchev–Trinajstić information content (AvgIpc) is 2.89. The van der Waals surface area contributed by atoms with Crippen LogP contribution >= 0.6 is 0 Å². The van der Waals surface area contributed by atoms with Gasteiger partial charge in [0.25, 0.3) is 5.91 Å². The van der Waals surface area contributed by atoms with E-state index in [4.69, 9.17) is 4.74 Å². The summed E-state index contributed by atoms with van der Waals surface area (Å²) >= 11 is 0. The van der Waals surface area contributed by atoms with Crippen LogP contribution in [-0.2, 0) is 4.79 Å². The Morgan fingerprint density at radius 2 is 2.33 bits per heavy atom. The molecule has 5 nitrogen and oxygen atoms in total. The highest BCUT2D eigenvalue weighted by Crippen LogP contribution is 2.31. The van der Waals surface area contributed by atoms with E-state index in [2.05, 4.69) is 17.6 Å². The van der Waals surface area contributed by atoms with Gasteiger partial charge in [0, 0.05) is 12.6 Å². The van der Waals surface area contributed by atoms with E-state index in [0.717, 1.165) is 42.8 Å². The van der Waals surface area contributed by atoms with Gasteiger partial charge >= 0.3 is 0 Å². The molecule has 1 aromatic carbocycles. The topological polar surface area (TPSA) is 70.6 Å². The Hall–Kier alpha value is -1.59. The molecule has 0 aromatic heterocycles. The van der Waals surface area contributed by atoms with Crippen molar-refractivity contribution in [1.29, 1.82) is 0 Å². The summed E-state index contributed by atoms with van der Waals surface area (Å²) in [6.07, 6.45) is 2.96. The van der Waals surface area contributed by atoms with Crippen LogP contribution < -0.4 is 15.4 Å². The summed E-state index contributed by atoms with van der Waals surface area (Å²) < 4.78 is 5.36. The van der Waals surface area contributed by atoms with Crippen LogP contribution in [0.5, 0.6) is 5.75 Å². The molecule has 3 rings (SSSR count). The fourth-order valence-electron chi connectivity index (χ4n) is 3.07. The lowest BCUT2D eigenvalue weighted by atomic mass is 10.0. The van der Waals surface area contributed by atoms with Gasteiger partial charge in [-0.2, -0.15) is 0 Å². The zero-order valence-corrected chi connectivity index (χ0v) is 12.3. The minimum Gasteiger partial charge on any atom is -0.482 e. The highest BCUT2D eigenvalue weighted by Gasteiger charge is 2.25. The summed E-state index contributed by atoms with van der Waals surface area (Å²) in [7, 11) is 0. The molecule has 1 fully saturated rings. The molecule has 21 heavy (non-hydrogen) atoms. The lowest BCUT2D eigenvalue weighted by Gasteiger charge is -2.22. The highest BCUT2D eigenvalue weighted by atomic mass is 16.5. The Kier molecular flexibility index (Phi) is 4.12. The number of rotatable bonds is 4. The third-order valence-corrected chi connectivity index (χ3v) is 4.44. The first-order chi connectivity index (χ1) is 10.1. The van der Waals surface area contributed by atoms with Gasteiger partial charge in [-0.25, -0.2) is 0 Å². The lowest BCUT2D eigenvalue weighted by Crippen LogP contribution is -2.30. The number of nitrogens with one attached hydrogen (secondary N) is 2. The Balaban J connectivity index is 1.63. The number of carbonyl (C=O) groups is 1. The summed E-state index contributed by atoms with van der Waals surface area (Å²) in [6, 6.07) is 6.03. The molecule has 0 spiro atoms. The van der Waals surface area contributed by atoms with E-state index in [1.54, 1.807) is 0 Å². The second-order valence-corrected chi connectivity index (χ2v) is 5.98. The summed E-state index contributed by atoms with van der Waals surface area (Å²) in [5, 5.41) is 16.2. The van der Waals surface area contributed by atoms with Crippen molar-refractivity contribution in [3.05, 3.63) is 23.8 Å². The van der Waals surface area contributed by atoms with Crippen LogP contribution in [0.25, 0.3) is 0 Å². The van der Waals surface area contributed by atoms with Gasteiger partial charge in [-0.3, -0.25) is 4.79 Å². The van der Waals surface area contributed by atoms with Crippen molar-refractivity contribution in [1.82, 2.24) is 5.32 Å². The number of aliphatic hydroxyl groups is 1. The Labute approximate surface area is 124 Å². The number of aliphatic hydroxyl groups excluding tert-OH is 1. The Bertz CT molecular complexity index is 532. The molecule has 0 saturated heterocycles. The molecule has 0 bridgehead atoms. The van der Waals surface area contributed by atoms with Crippen LogP contribution in [0.3, 0.4) is 0 Å². The number of fused-ring (bicyclic) bond motifs is 1. The molecule has 3 atom stereocenters. The number of ether oxygens (including phenoxy) is 1. The maximum absolute atomic E-state index is 11.4. The molecular formula is C16H22N2O3. The number of amides is 1. The highest BCUT2D eigenvalue weighted by molar-refractivity contribution is 5.95. The van der Waals surface area contributed by atoms with Crippen molar-refractivity contribution in [2.45, 2.75) is 38.3 Å². The lowest BCUT2D eigenvalue weighted by molar-refractivity contribution is -0.118. The standard InChI is InChI=1S/C16H22N2O3/c1-10(17-8-12-3-2-4-14(12)19)11-5-6-15-13(7-11)18-16(20)9-21-15/h5-7,10,12,14,17,19H,2-4,8-9H2,1H3,(H,18,20). The molecule has 5 heteroatoms. The molecule has 1 aliphatic carbocycles. The Morgan fingerprint density at radius 1 is 1.48 bits per heavy atom. The molecular weight excluding hydrogens is 268 g/mol. The minimum absolute atomic E-state index is 0.0831. The number of hydrogen-bond acceptors (Lipinski definition) is 4. The summed E-state index contributed by atoms with van der Waals surface area (Å²) in [5.41, 5.74) is 1.84. The van der Waals surface area contributed by atoms with Crippen molar-refractivity contribution in [3.8, 4) is 5.75 Å². The molecule has 1 amide bonds. The van der Waals surface area contributed by atoms with Crippen molar-refractivity contribution in [2.24, 2.45) is 5.92 Å². The van der Waals surface area contributed by atoms with Crippen LogP contribution in [0.2, 0.25) is 0 Å². The number of hydrogen-bond donors (Lipinski definition) is 3. The predicted molar refractivity (Wildman–Crippen MR) is 80.3 cm³/mol. The third-order valence-electron chi connectivity index (χ3n) is 4.44. The zero-order valence-electron chi connectivity index (χ0n) is 12.3. The largest absolute Gasteiger partial charge is 0.482 e. The van der Waals surface area contributed by atoms with E-state index in [1.165, 1.54) is 0 Å². The predicted octanol–water partition coefficient (Wildman–Crippen LogP) is 1.83. The van der Waals surface area contributed by atoms with Gasteiger partial charge in [0.15, 0.2) is 6.61 Å². The Morgan fingerprint density at radius 3 is 3.10 bits per heavy atom. The fraction of sp³-hybridized carbons (Fsp3) is 0.562. The molecule has 2 aliphatic rings. The van der Waals surface area contributed by atoms with Gasteiger partial charge in [0.05, 0.1) is 11.8 Å². The first-order valence-electron chi connectivity index (χ1n) is 7.61. The summed E-state index contributed by atoms with van der Waals surface area (Å²) in [6.45, 7) is 3.00. The van der Waals surface area contributed by atoms with E-state index >= 15 is 0 Å². The van der Waals surface area contributed by atoms with Crippen LogP contribution in [0, 0.1) is 5.92 Å². The number of anilines is 1. The van der Waals surface area contributed by atoms with Gasteiger partial charge in [-0.05, 0) is 43.4 Å². The van der Waals surface area contributed by atoms with Gasteiger partial charge in [-0.1, -0.05) is 12.5 Å². The molecule has 114 valence electrons. The molecule has 3 unspecified atom stereocenters. The van der Waals surface area contributed by atoms with E-state index in [0.29, 0.717) is 5.92 Å². The monoisotopic (exact) mass is 290 g/mol. The third kappa shape index (κ3) is 3.19. The minimum atomic E-state index is -0.166. The van der Waals surface area contributed by atoms with Gasteiger partial charge in [0.1, 0.15) is 5.75 Å². The summed E-state index contributed by atoms with van der Waals surface area (Å²) in [5.74, 6) is 0.958. The number of benzene rings is 1. The van der Waals surface area contributed by atoms with E-state index in [-0.39, 0.29) is 24.7 Å². The van der Waals surface area contributed by atoms with E-state index in [9.17, 15) is 9.90 Å². The molecule has 1 aromatic rings. The number of carbonyl (C=O) groups excluding carboxylic acids is 1. The second-order valence-electron chi connectivity index (χ2n) is 5.98. The van der Waals surface area contributed by atoms with Crippen LogP contribution in [0.15, 0.2) is 18.2 Å². The normalized spacial score (nSPS) is 25.9. The maximum Gasteiger partial charge on any atom is 0.262 e. The van der Waals surface area contributed by atoms with Crippen molar-refractivity contribution in [3.63, 3.8) is 0 Å². The smallest absolute Gasteiger partial charge is 0.262 e. The van der Waals surface area contributed by atoms with Gasteiger partial charge < -0.3 is 20.5 Å². The zero-order chi connectivity index (χ0) is 14.8. The van der Waals surface area contributed by atoms with Crippen molar-refractivity contribution >= 4 is 11.6 Å². The van der Waals surface area contributed by atoms with Gasteiger partial charge in [0.2, 0.25) is 0 Å². The van der Waals surface area contributed by atoms with Crippen LogP contribution in [0.4, 0.5) is 5.69 Å². The van der Waals surface area contributed by atoms with Crippen molar-refractivity contribution < 1.29 is 14.6 Å². The first kappa shape index (κ1) is 14.4. The molecule has 1 saturated carbocycles. The fourth-order valence-corrected chi connectivity index (χ4v) is 3.07. The molecule has 3 N–H and O–H groups in total. The van der Waals surface area contributed by atoms with E-state index in [1.807, 2.05) is 18.2 Å². The average molecular weight is 290 g/mol. The van der Waals surface area contributed by atoms with Gasteiger partial charge in [-0.15, -0.1) is 0 Å². The molecule has 1 heterocycles. The van der Waals surface area contributed by atoms with Crippen LogP contribution in [0.1, 0.15) is 37.8 Å². The SMILES string of the molecule is CC(NCC1CCCC1O)c1ccc2c(c1)NC(=O)CO2. The second kappa shape index (κ2) is 6.03. The summed E-state index contributed by atoms with van der Waals surface area (Å²) in [4.78, 5) is 11.4. The quantitative estimate of drug-likeness (QED) is 0.791.